The van der Waals surface area contributed by atoms with Crippen LogP contribution >= 0.6 is 0 Å². The SMILES string of the molecule is [B]c1ccc([B])c(C)c1. The van der Waals surface area contributed by atoms with Crippen LogP contribution in [0.15, 0.2) is 18.2 Å². The second-order valence-corrected chi connectivity index (χ2v) is 2.12. The summed E-state index contributed by atoms with van der Waals surface area (Å²) in [6, 6.07) is 5.46. The standard InChI is InChI=1S/C7H6B2/c1-5-4-6(8)2-3-7(5)9/h2-4H,1H3. The smallest absolute Gasteiger partial charge is 0.0965 e. The highest BCUT2D eigenvalue weighted by Gasteiger charge is 1.88. The largest absolute Gasteiger partial charge is 0.114 e. The molecule has 0 unspecified atom stereocenters. The number of benzene rings is 1. The Balaban J connectivity index is 3.17. The molecule has 0 aliphatic rings. The topological polar surface area (TPSA) is 0 Å². The molecule has 0 spiro atoms. The van der Waals surface area contributed by atoms with Gasteiger partial charge in [-0.2, -0.15) is 0 Å². The van der Waals surface area contributed by atoms with Crippen LogP contribution in [0.5, 0.6) is 0 Å². The Hall–Kier alpha value is -0.650. The van der Waals surface area contributed by atoms with Gasteiger partial charge in [-0.05, 0) is 6.92 Å². The molecule has 0 aliphatic carbocycles. The third-order valence-corrected chi connectivity index (χ3v) is 1.29. The minimum absolute atomic E-state index is 0.765. The molecule has 0 amide bonds. The van der Waals surface area contributed by atoms with E-state index in [1.165, 1.54) is 0 Å². The van der Waals surface area contributed by atoms with Gasteiger partial charge in [-0.15, -0.1) is 0 Å². The highest BCUT2D eigenvalue weighted by atomic mass is 13.9. The van der Waals surface area contributed by atoms with Crippen molar-refractivity contribution in [2.45, 2.75) is 6.92 Å². The molecule has 4 radical (unpaired) electrons. The van der Waals surface area contributed by atoms with Crippen LogP contribution < -0.4 is 10.9 Å². The van der Waals surface area contributed by atoms with Crippen LogP contribution in [-0.4, -0.2) is 15.7 Å². The molecule has 0 aromatic heterocycles. The summed E-state index contributed by atoms with van der Waals surface area (Å²) in [7, 11) is 11.0. The van der Waals surface area contributed by atoms with E-state index in [0.717, 1.165) is 16.5 Å². The van der Waals surface area contributed by atoms with E-state index in [2.05, 4.69) is 0 Å². The number of hydrogen-bond donors (Lipinski definition) is 0. The quantitative estimate of drug-likeness (QED) is 0.400. The van der Waals surface area contributed by atoms with Crippen molar-refractivity contribution in [3.05, 3.63) is 23.8 Å². The fourth-order valence-electron chi connectivity index (χ4n) is 0.699. The van der Waals surface area contributed by atoms with Crippen LogP contribution in [0.2, 0.25) is 0 Å². The van der Waals surface area contributed by atoms with Crippen molar-refractivity contribution in [1.29, 1.82) is 0 Å². The zero-order chi connectivity index (χ0) is 6.85. The van der Waals surface area contributed by atoms with Crippen molar-refractivity contribution < 1.29 is 0 Å². The van der Waals surface area contributed by atoms with Gasteiger partial charge in [-0.1, -0.05) is 34.7 Å². The highest BCUT2D eigenvalue weighted by Crippen LogP contribution is 1.85. The predicted octanol–water partition coefficient (Wildman–Crippen LogP) is -0.417. The molecular weight excluding hydrogens is 106 g/mol. The molecule has 0 fully saturated rings. The van der Waals surface area contributed by atoms with Gasteiger partial charge in [-0.3, -0.25) is 0 Å². The van der Waals surface area contributed by atoms with Gasteiger partial charge in [0.2, 0.25) is 0 Å². The predicted molar refractivity (Wildman–Crippen MR) is 42.0 cm³/mol. The summed E-state index contributed by atoms with van der Waals surface area (Å²) in [4.78, 5) is 0. The van der Waals surface area contributed by atoms with E-state index in [-0.39, 0.29) is 0 Å². The van der Waals surface area contributed by atoms with Gasteiger partial charge in [0.15, 0.2) is 0 Å². The first-order valence-electron chi connectivity index (χ1n) is 2.82. The van der Waals surface area contributed by atoms with Gasteiger partial charge in [0.1, 0.15) is 15.7 Å². The van der Waals surface area contributed by atoms with Gasteiger partial charge < -0.3 is 0 Å². The minimum Gasteiger partial charge on any atom is -0.0965 e. The van der Waals surface area contributed by atoms with E-state index in [1.807, 2.05) is 19.1 Å². The van der Waals surface area contributed by atoms with Gasteiger partial charge in [-0.25, -0.2) is 0 Å². The summed E-state index contributed by atoms with van der Waals surface area (Å²) < 4.78 is 0. The maximum atomic E-state index is 5.53. The number of aryl methyl sites for hydroxylation is 1. The Morgan fingerprint density at radius 2 is 1.89 bits per heavy atom. The molecule has 40 valence electrons. The van der Waals surface area contributed by atoms with E-state index in [1.54, 1.807) is 6.07 Å². The van der Waals surface area contributed by atoms with Gasteiger partial charge in [0.25, 0.3) is 0 Å². The Labute approximate surface area is 58.1 Å². The molecule has 2 heteroatoms. The number of rotatable bonds is 0. The molecular formula is C7H6B2. The first-order chi connectivity index (χ1) is 4.20. The molecule has 1 aromatic rings. The first kappa shape index (κ1) is 6.47. The van der Waals surface area contributed by atoms with Gasteiger partial charge in [0.05, 0.1) is 0 Å². The maximum Gasteiger partial charge on any atom is 0.114 e. The van der Waals surface area contributed by atoms with Crippen molar-refractivity contribution >= 4 is 26.6 Å². The molecule has 1 rings (SSSR count). The van der Waals surface area contributed by atoms with Gasteiger partial charge in [0, 0.05) is 0 Å². The zero-order valence-electron chi connectivity index (χ0n) is 5.39. The van der Waals surface area contributed by atoms with E-state index in [9.17, 15) is 0 Å². The van der Waals surface area contributed by atoms with E-state index < -0.39 is 0 Å². The summed E-state index contributed by atoms with van der Waals surface area (Å²) in [5, 5.41) is 0. The molecule has 0 saturated heterocycles. The van der Waals surface area contributed by atoms with Crippen molar-refractivity contribution in [1.82, 2.24) is 0 Å². The second kappa shape index (κ2) is 2.30. The van der Waals surface area contributed by atoms with Gasteiger partial charge >= 0.3 is 0 Å². The van der Waals surface area contributed by atoms with Crippen LogP contribution in [0, 0.1) is 6.92 Å². The van der Waals surface area contributed by atoms with Crippen LogP contribution in [0.4, 0.5) is 0 Å². The molecule has 1 aromatic carbocycles. The van der Waals surface area contributed by atoms with Crippen LogP contribution in [0.25, 0.3) is 0 Å². The minimum atomic E-state index is 0.765. The Morgan fingerprint density at radius 3 is 2.33 bits per heavy atom. The molecule has 0 heterocycles. The lowest BCUT2D eigenvalue weighted by Gasteiger charge is -1.99. The van der Waals surface area contributed by atoms with Crippen LogP contribution in [0.1, 0.15) is 5.56 Å². The third kappa shape index (κ3) is 1.38. The van der Waals surface area contributed by atoms with Crippen molar-refractivity contribution in [2.75, 3.05) is 0 Å². The molecule has 0 N–H and O–H groups in total. The van der Waals surface area contributed by atoms with E-state index in [4.69, 9.17) is 15.7 Å². The van der Waals surface area contributed by atoms with Crippen molar-refractivity contribution in [3.63, 3.8) is 0 Å². The summed E-state index contributed by atoms with van der Waals surface area (Å²) in [6.07, 6.45) is 0. The lowest BCUT2D eigenvalue weighted by Crippen LogP contribution is -2.12. The molecule has 0 nitrogen and oxygen atoms in total. The zero-order valence-corrected chi connectivity index (χ0v) is 5.39. The maximum absolute atomic E-state index is 5.53. The van der Waals surface area contributed by atoms with E-state index in [0.29, 0.717) is 0 Å². The van der Waals surface area contributed by atoms with Crippen molar-refractivity contribution in [3.8, 4) is 0 Å². The summed E-state index contributed by atoms with van der Waals surface area (Å²) in [6.45, 7) is 1.94. The normalized spacial score (nSPS) is 9.44. The number of hydrogen-bond acceptors (Lipinski definition) is 0. The Kier molecular flexibility index (Phi) is 1.65. The van der Waals surface area contributed by atoms with Crippen LogP contribution in [0.3, 0.4) is 0 Å². The van der Waals surface area contributed by atoms with Crippen LogP contribution in [-0.2, 0) is 0 Å². The average molecular weight is 112 g/mol. The summed E-state index contributed by atoms with van der Waals surface area (Å²) in [5.41, 5.74) is 2.60. The Bertz CT molecular complexity index is 218. The lowest BCUT2D eigenvalue weighted by atomic mass is 9.85. The summed E-state index contributed by atoms with van der Waals surface area (Å²) >= 11 is 0. The fraction of sp³-hybridized carbons (Fsp3) is 0.143. The Morgan fingerprint density at radius 1 is 1.22 bits per heavy atom. The second-order valence-electron chi connectivity index (χ2n) is 2.12. The monoisotopic (exact) mass is 112 g/mol. The molecule has 0 aliphatic heterocycles. The summed E-state index contributed by atoms with van der Waals surface area (Å²) in [5.74, 6) is 0. The lowest BCUT2D eigenvalue weighted by molar-refractivity contribution is 1.54. The molecule has 9 heavy (non-hydrogen) atoms. The average Bonchev–Trinajstić information content (AvgIpc) is 1.80. The third-order valence-electron chi connectivity index (χ3n) is 1.29. The first-order valence-corrected chi connectivity index (χ1v) is 2.82. The molecule has 0 atom stereocenters. The highest BCUT2D eigenvalue weighted by molar-refractivity contribution is 6.36. The van der Waals surface area contributed by atoms with E-state index >= 15 is 0 Å². The molecule has 0 saturated carbocycles. The molecule has 0 bridgehead atoms. The van der Waals surface area contributed by atoms with Crippen molar-refractivity contribution in [2.24, 2.45) is 0 Å². The fourth-order valence-corrected chi connectivity index (χ4v) is 0.699.